The van der Waals surface area contributed by atoms with Crippen LogP contribution in [0.25, 0.3) is 54.6 Å². The molecule has 0 bridgehead atoms. The Morgan fingerprint density at radius 3 is 1.57 bits per heavy atom. The molecule has 0 saturated heterocycles. The highest BCUT2D eigenvalue weighted by atomic mass is 15.2. The van der Waals surface area contributed by atoms with Crippen LogP contribution in [0.2, 0.25) is 0 Å². The maximum Gasteiger partial charge on any atom is 0.146 e. The van der Waals surface area contributed by atoms with Gasteiger partial charge < -0.3 is 4.90 Å². The molecule has 0 radical (unpaired) electrons. The molecular weight excluding hydrogens is 711 g/mol. The van der Waals surface area contributed by atoms with Crippen LogP contribution in [0.4, 0.5) is 17.1 Å². The Kier molecular flexibility index (Phi) is 7.16. The van der Waals surface area contributed by atoms with Gasteiger partial charge in [0, 0.05) is 11.1 Å². The quantitative estimate of drug-likeness (QED) is 0.162. The van der Waals surface area contributed by atoms with Crippen LogP contribution in [0.1, 0.15) is 41.5 Å². The Labute approximate surface area is 335 Å². The highest BCUT2D eigenvalue weighted by Gasteiger charge is 2.31. The van der Waals surface area contributed by atoms with Gasteiger partial charge in [-0.3, -0.25) is 30.0 Å². The molecule has 3 heterocycles. The molecule has 8 aromatic rings. The van der Waals surface area contributed by atoms with E-state index in [1.165, 1.54) is 32.3 Å². The molecule has 7 nitrogen and oxygen atoms in total. The largest absolute Gasteiger partial charge is 0.304 e. The highest BCUT2D eigenvalue weighted by Crippen LogP contribution is 2.35. The molecule has 0 atom stereocenters. The summed E-state index contributed by atoms with van der Waals surface area (Å²) in [5.74, 6) is 0. The molecule has 11 rings (SSSR count). The van der Waals surface area contributed by atoms with Crippen molar-refractivity contribution in [1.29, 1.82) is 0 Å². The minimum Gasteiger partial charge on any atom is -0.304 e. The van der Waals surface area contributed by atoms with E-state index in [0.717, 1.165) is 71.5 Å². The van der Waals surface area contributed by atoms with E-state index in [-0.39, 0.29) is 0 Å². The van der Waals surface area contributed by atoms with Crippen LogP contribution < -0.4 is 37.0 Å². The van der Waals surface area contributed by atoms with Gasteiger partial charge in [0.25, 0.3) is 0 Å². The van der Waals surface area contributed by atoms with Gasteiger partial charge >= 0.3 is 0 Å². The number of benzene rings is 8. The molecule has 0 unspecified atom stereocenters. The number of hydrogen-bond acceptors (Lipinski definition) is 7. The average Bonchev–Trinajstić information content (AvgIpc) is 3.84. The zero-order chi connectivity index (χ0) is 39.6. The summed E-state index contributed by atoms with van der Waals surface area (Å²) in [6, 6.07) is 49.8. The number of rotatable bonds is 5. The van der Waals surface area contributed by atoms with Crippen molar-refractivity contribution in [3.05, 3.63) is 172 Å². The van der Waals surface area contributed by atoms with E-state index in [9.17, 15) is 0 Å². The summed E-state index contributed by atoms with van der Waals surface area (Å²) in [6.45, 7) is 12.4. The molecule has 3 aliphatic rings. The molecule has 0 saturated carbocycles. The summed E-state index contributed by atoms with van der Waals surface area (Å²) in [5, 5.41) is 12.3. The van der Waals surface area contributed by atoms with E-state index in [4.69, 9.17) is 30.0 Å². The Morgan fingerprint density at radius 1 is 0.345 bits per heavy atom. The Morgan fingerprint density at radius 2 is 0.845 bits per heavy atom. The predicted octanol–water partition coefficient (Wildman–Crippen LogP) is 8.92. The lowest BCUT2D eigenvalue weighted by Crippen LogP contribution is -2.38. The second-order valence-corrected chi connectivity index (χ2v) is 17.0. The monoisotopic (exact) mass is 751 g/mol. The Balaban J connectivity index is 1.20. The topological polar surface area (TPSA) is 77.4 Å². The third-order valence-electron chi connectivity index (χ3n) is 11.4. The SMILES string of the molecule is CC1(C)N=c2cccc(N(c3ccc(-c4ccc5ccc6ccccc6c5c4)c4c3=NC(C)(C)N=4)c3ccc(-c4cccc5ccccc45)c4c3=NC(C)(C)N=4)c2=N1. The molecule has 0 N–H and O–H groups in total. The van der Waals surface area contributed by atoms with Gasteiger partial charge in [0.15, 0.2) is 0 Å². The van der Waals surface area contributed by atoms with Crippen LogP contribution >= 0.6 is 0 Å². The van der Waals surface area contributed by atoms with Gasteiger partial charge in [0.1, 0.15) is 33.1 Å². The van der Waals surface area contributed by atoms with Gasteiger partial charge in [-0.2, -0.15) is 0 Å². The third kappa shape index (κ3) is 5.41. The lowest BCUT2D eigenvalue weighted by molar-refractivity contribution is 0.549. The van der Waals surface area contributed by atoms with Crippen molar-refractivity contribution in [3.8, 4) is 22.3 Å². The first-order chi connectivity index (χ1) is 27.9. The van der Waals surface area contributed by atoms with E-state index >= 15 is 0 Å². The van der Waals surface area contributed by atoms with E-state index in [0.29, 0.717) is 0 Å². The minimum atomic E-state index is -0.676. The van der Waals surface area contributed by atoms with Crippen LogP contribution in [-0.4, -0.2) is 17.0 Å². The lowest BCUT2D eigenvalue weighted by Gasteiger charge is -2.26. The summed E-state index contributed by atoms with van der Waals surface area (Å²) in [7, 11) is 0. The number of fused-ring (bicyclic) bond motifs is 7. The van der Waals surface area contributed by atoms with Gasteiger partial charge in [0.05, 0.1) is 33.1 Å². The summed E-state index contributed by atoms with van der Waals surface area (Å²) in [4.78, 5) is 33.9. The van der Waals surface area contributed by atoms with E-state index in [2.05, 4.69) is 166 Å². The molecule has 0 fully saturated rings. The van der Waals surface area contributed by atoms with Crippen molar-refractivity contribution in [2.45, 2.75) is 58.5 Å². The average molecular weight is 752 g/mol. The van der Waals surface area contributed by atoms with Gasteiger partial charge in [-0.25, -0.2) is 0 Å². The maximum absolute atomic E-state index is 5.38. The lowest BCUT2D eigenvalue weighted by atomic mass is 9.96. The van der Waals surface area contributed by atoms with Gasteiger partial charge in [0.2, 0.25) is 0 Å². The zero-order valence-electron chi connectivity index (χ0n) is 33.4. The Bertz CT molecular complexity index is 3500. The van der Waals surface area contributed by atoms with E-state index in [1.54, 1.807) is 0 Å². The molecular formula is C51H41N7. The first kappa shape index (κ1) is 34.4. The highest BCUT2D eigenvalue weighted by molar-refractivity contribution is 6.08. The van der Waals surface area contributed by atoms with E-state index < -0.39 is 17.0 Å². The number of para-hydroxylation sites is 1. The fraction of sp³-hybridized carbons (Fsp3) is 0.176. The molecule has 58 heavy (non-hydrogen) atoms. The molecule has 8 aromatic carbocycles. The smallest absolute Gasteiger partial charge is 0.146 e. The maximum atomic E-state index is 5.38. The molecule has 280 valence electrons. The minimum absolute atomic E-state index is 0.597. The van der Waals surface area contributed by atoms with Crippen molar-refractivity contribution in [2.75, 3.05) is 4.90 Å². The standard InChI is InChI=1S/C51H41N7/c1-49(2)52-40-19-12-20-41(46(40)55-49)58(43-28-26-38(45-48(43)57-51(5,6)54-45)37-18-11-15-30-13-7-9-16-34(30)37)42-27-25-36(44-47(42)56-50(3,4)53-44)33-24-23-32-22-21-31-14-8-10-17-35(31)39(32)29-33/h7-29H,1-6H3. The Hall–Kier alpha value is -6.86. The number of nitrogens with zero attached hydrogens (tertiary/aromatic N) is 7. The van der Waals surface area contributed by atoms with Gasteiger partial charge in [-0.1, -0.05) is 97.1 Å². The molecule has 0 amide bonds. The van der Waals surface area contributed by atoms with Crippen LogP contribution in [0.3, 0.4) is 0 Å². The normalized spacial score (nSPS) is 16.3. The van der Waals surface area contributed by atoms with Crippen LogP contribution in [0, 0.1) is 0 Å². The van der Waals surface area contributed by atoms with Crippen molar-refractivity contribution in [3.63, 3.8) is 0 Å². The second-order valence-electron chi connectivity index (χ2n) is 17.0. The summed E-state index contributed by atoms with van der Waals surface area (Å²) in [6.07, 6.45) is 0. The van der Waals surface area contributed by atoms with Crippen LogP contribution in [0.5, 0.6) is 0 Å². The van der Waals surface area contributed by atoms with Crippen LogP contribution in [0.15, 0.2) is 169 Å². The summed E-state index contributed by atoms with van der Waals surface area (Å²) >= 11 is 0. The van der Waals surface area contributed by atoms with Gasteiger partial charge in [-0.15, -0.1) is 0 Å². The van der Waals surface area contributed by atoms with Crippen molar-refractivity contribution < 1.29 is 0 Å². The summed E-state index contributed by atoms with van der Waals surface area (Å²) in [5.41, 5.74) is 5.07. The van der Waals surface area contributed by atoms with E-state index in [1.807, 2.05) is 19.9 Å². The first-order valence-electron chi connectivity index (χ1n) is 20.0. The van der Waals surface area contributed by atoms with Crippen molar-refractivity contribution in [1.82, 2.24) is 0 Å². The molecule has 0 spiro atoms. The fourth-order valence-corrected chi connectivity index (χ4v) is 9.06. The van der Waals surface area contributed by atoms with Crippen molar-refractivity contribution >= 4 is 49.4 Å². The molecule has 0 aromatic heterocycles. The zero-order valence-corrected chi connectivity index (χ0v) is 33.4. The summed E-state index contributed by atoms with van der Waals surface area (Å²) < 4.78 is 0. The fourth-order valence-electron chi connectivity index (χ4n) is 9.06. The number of hydrogen-bond donors (Lipinski definition) is 0. The molecule has 0 aliphatic carbocycles. The predicted molar refractivity (Wildman–Crippen MR) is 234 cm³/mol. The van der Waals surface area contributed by atoms with Gasteiger partial charge in [-0.05, 0) is 127 Å². The number of anilines is 3. The first-order valence-corrected chi connectivity index (χ1v) is 20.0. The third-order valence-corrected chi connectivity index (χ3v) is 11.4. The van der Waals surface area contributed by atoms with Crippen molar-refractivity contribution in [2.24, 2.45) is 30.0 Å². The second kappa shape index (κ2) is 12.1. The molecule has 3 aliphatic heterocycles. The van der Waals surface area contributed by atoms with Crippen LogP contribution in [-0.2, 0) is 0 Å². The molecule has 7 heteroatoms.